The number of aryl methyl sites for hydroxylation is 1. The number of thiocarbonyl (C=S) groups is 1. The van der Waals surface area contributed by atoms with Crippen molar-refractivity contribution in [3.63, 3.8) is 0 Å². The molecule has 8 nitrogen and oxygen atoms in total. The van der Waals surface area contributed by atoms with Crippen LogP contribution < -0.4 is 15.5 Å². The molecule has 2 aromatic rings. The number of nitrogens with one attached hydrogen (secondary N) is 2. The predicted molar refractivity (Wildman–Crippen MR) is 114 cm³/mol. The number of ether oxygens (including phenoxy) is 1. The van der Waals surface area contributed by atoms with Crippen molar-refractivity contribution in [1.29, 1.82) is 0 Å². The van der Waals surface area contributed by atoms with E-state index in [-0.39, 0.29) is 17.5 Å². The van der Waals surface area contributed by atoms with Crippen LogP contribution in [0.3, 0.4) is 0 Å². The summed E-state index contributed by atoms with van der Waals surface area (Å²) in [5.74, 6) is 1.12. The molecule has 1 fully saturated rings. The number of hydrazone groups is 1. The number of hydrogen-bond acceptors (Lipinski definition) is 6. The molecule has 1 aromatic heterocycles. The van der Waals surface area contributed by atoms with E-state index in [0.717, 1.165) is 28.4 Å². The summed E-state index contributed by atoms with van der Waals surface area (Å²) in [4.78, 5) is 0. The highest BCUT2D eigenvalue weighted by molar-refractivity contribution is 7.91. The van der Waals surface area contributed by atoms with Gasteiger partial charge in [0.2, 0.25) is 0 Å². The molecule has 150 valence electrons. The Morgan fingerprint density at radius 3 is 2.68 bits per heavy atom. The summed E-state index contributed by atoms with van der Waals surface area (Å²) in [6.45, 7) is 3.79. The number of anilines is 1. The SMILES string of the molecule is COc1ccc(NC(=S)N/N=C\c2c(C)nn([C@H]3CCS(=O)(=O)C3)c2C)cc1. The molecule has 0 aliphatic carbocycles. The van der Waals surface area contributed by atoms with Gasteiger partial charge in [0.15, 0.2) is 14.9 Å². The first kappa shape index (κ1) is 20.3. The summed E-state index contributed by atoms with van der Waals surface area (Å²) >= 11 is 5.24. The summed E-state index contributed by atoms with van der Waals surface area (Å²) in [6.07, 6.45) is 2.24. The normalized spacial score (nSPS) is 18.3. The van der Waals surface area contributed by atoms with Gasteiger partial charge in [-0.3, -0.25) is 10.1 Å². The highest BCUT2D eigenvalue weighted by Gasteiger charge is 2.31. The van der Waals surface area contributed by atoms with Crippen molar-refractivity contribution in [2.45, 2.75) is 26.3 Å². The van der Waals surface area contributed by atoms with E-state index in [0.29, 0.717) is 11.5 Å². The maximum Gasteiger partial charge on any atom is 0.191 e. The molecular weight excluding hydrogens is 398 g/mol. The molecule has 0 spiro atoms. The van der Waals surface area contributed by atoms with Gasteiger partial charge in [0.25, 0.3) is 0 Å². The third-order valence-corrected chi connectivity index (χ3v) is 6.59. The Kier molecular flexibility index (Phi) is 5.99. The fourth-order valence-corrected chi connectivity index (χ4v) is 5.04. The average molecular weight is 422 g/mol. The maximum absolute atomic E-state index is 11.7. The van der Waals surface area contributed by atoms with Crippen molar-refractivity contribution in [2.24, 2.45) is 5.10 Å². The lowest BCUT2D eigenvalue weighted by Crippen LogP contribution is -2.23. The van der Waals surface area contributed by atoms with Crippen molar-refractivity contribution in [2.75, 3.05) is 23.9 Å². The van der Waals surface area contributed by atoms with Crippen molar-refractivity contribution < 1.29 is 13.2 Å². The van der Waals surface area contributed by atoms with Gasteiger partial charge in [-0.15, -0.1) is 0 Å². The molecule has 2 heterocycles. The second-order valence-corrected chi connectivity index (χ2v) is 9.28. The van der Waals surface area contributed by atoms with Gasteiger partial charge in [-0.05, 0) is 56.8 Å². The van der Waals surface area contributed by atoms with Crippen LogP contribution in [0.4, 0.5) is 5.69 Å². The van der Waals surface area contributed by atoms with Crippen molar-refractivity contribution in [3.05, 3.63) is 41.2 Å². The van der Waals surface area contributed by atoms with Crippen LogP contribution in [-0.2, 0) is 9.84 Å². The van der Waals surface area contributed by atoms with Crippen LogP contribution in [0.1, 0.15) is 29.4 Å². The Bertz CT molecular complexity index is 997. The van der Waals surface area contributed by atoms with Gasteiger partial charge < -0.3 is 10.1 Å². The molecule has 1 atom stereocenters. The minimum Gasteiger partial charge on any atom is -0.497 e. The molecule has 1 aromatic carbocycles. The standard InChI is InChI=1S/C18H23N5O3S2/c1-12-17(13(2)23(22-12)15-8-9-28(24,25)11-15)10-19-21-18(27)20-14-4-6-16(26-3)7-5-14/h4-7,10,15H,8-9,11H2,1-3H3,(H2,20,21,27)/b19-10-/t15-/m0/s1. The number of aromatic nitrogens is 2. The number of sulfone groups is 1. The van der Waals surface area contributed by atoms with Gasteiger partial charge in [-0.1, -0.05) is 0 Å². The monoisotopic (exact) mass is 421 g/mol. The zero-order valence-corrected chi connectivity index (χ0v) is 17.6. The number of hydrogen-bond donors (Lipinski definition) is 2. The van der Waals surface area contributed by atoms with E-state index < -0.39 is 9.84 Å². The van der Waals surface area contributed by atoms with Gasteiger partial charge in [0.05, 0.1) is 36.6 Å². The predicted octanol–water partition coefficient (Wildman–Crippen LogP) is 2.19. The van der Waals surface area contributed by atoms with Crippen molar-refractivity contribution in [3.8, 4) is 5.75 Å². The minimum atomic E-state index is -2.97. The van der Waals surface area contributed by atoms with Gasteiger partial charge in [-0.25, -0.2) is 8.42 Å². The zero-order valence-electron chi connectivity index (χ0n) is 16.0. The Hall–Kier alpha value is -2.46. The third kappa shape index (κ3) is 4.68. The lowest BCUT2D eigenvalue weighted by Gasteiger charge is -2.11. The van der Waals surface area contributed by atoms with Gasteiger partial charge in [0.1, 0.15) is 5.75 Å². The molecule has 0 radical (unpaired) electrons. The second-order valence-electron chi connectivity index (χ2n) is 6.64. The summed E-state index contributed by atoms with van der Waals surface area (Å²) in [6, 6.07) is 7.25. The number of rotatable bonds is 5. The summed E-state index contributed by atoms with van der Waals surface area (Å²) < 4.78 is 30.4. The molecule has 10 heteroatoms. The van der Waals surface area contributed by atoms with Crippen LogP contribution in [0, 0.1) is 13.8 Å². The second kappa shape index (κ2) is 8.27. The van der Waals surface area contributed by atoms with Crippen molar-refractivity contribution in [1.82, 2.24) is 15.2 Å². The largest absolute Gasteiger partial charge is 0.497 e. The van der Waals surface area contributed by atoms with E-state index in [1.165, 1.54) is 0 Å². The molecular formula is C18H23N5O3S2. The Labute approximate surface area is 169 Å². The highest BCUT2D eigenvalue weighted by Crippen LogP contribution is 2.26. The van der Waals surface area contributed by atoms with E-state index in [1.807, 2.05) is 38.1 Å². The van der Waals surface area contributed by atoms with E-state index >= 15 is 0 Å². The summed E-state index contributed by atoms with van der Waals surface area (Å²) in [7, 11) is -1.35. The van der Waals surface area contributed by atoms with E-state index in [1.54, 1.807) is 18.0 Å². The van der Waals surface area contributed by atoms with Gasteiger partial charge in [-0.2, -0.15) is 10.2 Å². The summed E-state index contributed by atoms with van der Waals surface area (Å²) in [5, 5.41) is 12.1. The highest BCUT2D eigenvalue weighted by atomic mass is 32.2. The zero-order chi connectivity index (χ0) is 20.3. The maximum atomic E-state index is 11.7. The number of benzene rings is 1. The number of nitrogens with zero attached hydrogens (tertiary/aromatic N) is 3. The summed E-state index contributed by atoms with van der Waals surface area (Å²) in [5.41, 5.74) is 6.13. The Balaban J connectivity index is 1.63. The first-order valence-electron chi connectivity index (χ1n) is 8.79. The molecule has 3 rings (SSSR count). The quantitative estimate of drug-likeness (QED) is 0.434. The van der Waals surface area contributed by atoms with E-state index in [4.69, 9.17) is 17.0 Å². The van der Waals surface area contributed by atoms with Crippen molar-refractivity contribution >= 4 is 39.1 Å². The molecule has 0 amide bonds. The third-order valence-electron chi connectivity index (χ3n) is 4.64. The van der Waals surface area contributed by atoms with Gasteiger partial charge in [0, 0.05) is 16.9 Å². The van der Waals surface area contributed by atoms with E-state index in [2.05, 4.69) is 20.9 Å². The lowest BCUT2D eigenvalue weighted by atomic mass is 10.2. The molecule has 1 saturated heterocycles. The van der Waals surface area contributed by atoms with Crippen LogP contribution in [-0.4, -0.2) is 48.1 Å². The van der Waals surface area contributed by atoms with E-state index in [9.17, 15) is 8.42 Å². The molecule has 2 N–H and O–H groups in total. The smallest absolute Gasteiger partial charge is 0.191 e. The lowest BCUT2D eigenvalue weighted by molar-refractivity contribution is 0.415. The molecule has 0 unspecified atom stereocenters. The number of methoxy groups -OCH3 is 1. The molecule has 0 bridgehead atoms. The molecule has 1 aliphatic rings. The fraction of sp³-hybridized carbons (Fsp3) is 0.389. The molecule has 28 heavy (non-hydrogen) atoms. The van der Waals surface area contributed by atoms with Crippen LogP contribution in [0.5, 0.6) is 5.75 Å². The molecule has 0 saturated carbocycles. The average Bonchev–Trinajstić information content (AvgIpc) is 3.15. The minimum absolute atomic E-state index is 0.114. The van der Waals surface area contributed by atoms with Crippen LogP contribution >= 0.6 is 12.2 Å². The first-order chi connectivity index (χ1) is 13.3. The topological polar surface area (TPSA) is 97.6 Å². The Morgan fingerprint density at radius 2 is 2.07 bits per heavy atom. The fourth-order valence-electron chi connectivity index (χ4n) is 3.18. The van der Waals surface area contributed by atoms with Crippen LogP contribution in [0.2, 0.25) is 0 Å². The van der Waals surface area contributed by atoms with Crippen LogP contribution in [0.15, 0.2) is 29.4 Å². The molecule has 1 aliphatic heterocycles. The Morgan fingerprint density at radius 1 is 1.36 bits per heavy atom. The van der Waals surface area contributed by atoms with Gasteiger partial charge >= 0.3 is 0 Å². The first-order valence-corrected chi connectivity index (χ1v) is 11.0. The van der Waals surface area contributed by atoms with Crippen LogP contribution in [0.25, 0.3) is 0 Å².